The maximum absolute atomic E-state index is 12.9. The first-order valence-electron chi connectivity index (χ1n) is 14.6. The van der Waals surface area contributed by atoms with Gasteiger partial charge in [-0.3, -0.25) is 9.78 Å². The molecule has 5 rings (SSSR count). The van der Waals surface area contributed by atoms with Crippen LogP contribution in [0.2, 0.25) is 0 Å². The highest BCUT2D eigenvalue weighted by Crippen LogP contribution is 2.52. The molecule has 2 aromatic carbocycles. The molecule has 0 spiro atoms. The second-order valence-corrected chi connectivity index (χ2v) is 11.5. The summed E-state index contributed by atoms with van der Waals surface area (Å²) in [7, 11) is 0. The van der Waals surface area contributed by atoms with Gasteiger partial charge in [-0.2, -0.15) is 0 Å². The smallest absolute Gasteiger partial charge is 0.338 e. The van der Waals surface area contributed by atoms with Gasteiger partial charge < -0.3 is 19.7 Å². The molecule has 0 saturated carbocycles. The van der Waals surface area contributed by atoms with Crippen LogP contribution in [-0.2, 0) is 9.53 Å². The molecule has 0 aliphatic heterocycles. The molecule has 226 valence electrons. The number of fused-ring (bicyclic) bond motifs is 1. The number of allylic oxidation sites excluding steroid dienone is 5. The Hall–Kier alpha value is -4.98. The Labute approximate surface area is 256 Å². The number of ether oxygens (including phenoxy) is 2. The van der Waals surface area contributed by atoms with Gasteiger partial charge in [-0.25, -0.2) is 9.59 Å². The summed E-state index contributed by atoms with van der Waals surface area (Å²) < 4.78 is 11.3. The second kappa shape index (κ2) is 13.1. The van der Waals surface area contributed by atoms with E-state index in [0.29, 0.717) is 36.3 Å². The topological polar surface area (TPSA) is 123 Å². The zero-order valence-corrected chi connectivity index (χ0v) is 24.7. The molecule has 1 heterocycles. The number of aromatic nitrogens is 1. The van der Waals surface area contributed by atoms with Crippen molar-refractivity contribution in [3.05, 3.63) is 120 Å². The van der Waals surface area contributed by atoms with Crippen LogP contribution in [0.4, 0.5) is 0 Å². The van der Waals surface area contributed by atoms with Crippen LogP contribution in [0.5, 0.6) is 11.5 Å². The van der Waals surface area contributed by atoms with Crippen molar-refractivity contribution in [3.63, 3.8) is 0 Å². The highest BCUT2D eigenvalue weighted by molar-refractivity contribution is 5.89. The quantitative estimate of drug-likeness (QED) is 0.184. The van der Waals surface area contributed by atoms with Crippen LogP contribution in [0.3, 0.4) is 0 Å². The van der Waals surface area contributed by atoms with Crippen LogP contribution in [0.1, 0.15) is 59.4 Å². The Balaban J connectivity index is 1.23. The van der Waals surface area contributed by atoms with E-state index >= 15 is 0 Å². The van der Waals surface area contributed by atoms with Gasteiger partial charge in [-0.05, 0) is 105 Å². The first kappa shape index (κ1) is 30.5. The third kappa shape index (κ3) is 6.64. The molecule has 2 aliphatic rings. The molecule has 8 heteroatoms. The number of aromatic carboxylic acids is 1. The standard InChI is InChI=1S/C36H35NO7/c1-23-18-29(20-24(2)26-5-7-27(8-6-26)33(38)39)36(35(41)42)15-13-25(21-30(36)19-23)14-17-43-34(40)28-9-11-31(12-10-28)44-32-4-3-16-37-22-32/h3-13,15-16,18,20,22,25,29-30H,14,17,19,21H2,1-2H3,(H,38,39)(H,41,42)/b24-20+/t25-,29-,30-,36+/m0/s1. The number of carbonyl (C=O) groups excluding carboxylic acids is 1. The average Bonchev–Trinajstić information content (AvgIpc) is 3.01. The summed E-state index contributed by atoms with van der Waals surface area (Å²) in [6, 6.07) is 16.9. The number of hydrogen-bond donors (Lipinski definition) is 2. The summed E-state index contributed by atoms with van der Waals surface area (Å²) >= 11 is 0. The average molecular weight is 594 g/mol. The van der Waals surface area contributed by atoms with E-state index in [1.165, 1.54) is 0 Å². The Morgan fingerprint density at radius 3 is 2.34 bits per heavy atom. The third-order valence-electron chi connectivity index (χ3n) is 8.56. The van der Waals surface area contributed by atoms with E-state index in [1.54, 1.807) is 73.1 Å². The summed E-state index contributed by atoms with van der Waals surface area (Å²) in [5.41, 5.74) is 2.40. The largest absolute Gasteiger partial charge is 0.481 e. The van der Waals surface area contributed by atoms with Crippen LogP contribution >= 0.6 is 0 Å². The van der Waals surface area contributed by atoms with Gasteiger partial charge in [0, 0.05) is 12.1 Å². The van der Waals surface area contributed by atoms with Gasteiger partial charge in [0.25, 0.3) is 0 Å². The summed E-state index contributed by atoms with van der Waals surface area (Å²) in [6.07, 6.45) is 13.0. The lowest BCUT2D eigenvalue weighted by molar-refractivity contribution is -0.152. The van der Waals surface area contributed by atoms with Crippen molar-refractivity contribution >= 4 is 23.5 Å². The van der Waals surface area contributed by atoms with Crippen molar-refractivity contribution in [2.24, 2.45) is 23.2 Å². The van der Waals surface area contributed by atoms with Crippen LogP contribution in [0.25, 0.3) is 5.57 Å². The Bertz CT molecular complexity index is 1610. The monoisotopic (exact) mass is 593 g/mol. The number of hydrogen-bond acceptors (Lipinski definition) is 6. The van der Waals surface area contributed by atoms with Gasteiger partial charge in [0.1, 0.15) is 11.5 Å². The fourth-order valence-electron chi connectivity index (χ4n) is 6.23. The SMILES string of the molecule is CC1=C[C@@H](/C=C(\C)c2ccc(C(=O)O)cc2)[C@]2(C(=O)O)C=C[C@@H](CCOC(=O)c3ccc(Oc4cccnc4)cc3)C[C@@H]2C1. The van der Waals surface area contributed by atoms with Crippen molar-refractivity contribution in [3.8, 4) is 11.5 Å². The lowest BCUT2D eigenvalue weighted by Gasteiger charge is -2.46. The Morgan fingerprint density at radius 2 is 1.68 bits per heavy atom. The zero-order chi connectivity index (χ0) is 31.3. The predicted octanol–water partition coefficient (Wildman–Crippen LogP) is 7.45. The molecule has 3 aromatic rings. The van der Waals surface area contributed by atoms with Gasteiger partial charge in [-0.1, -0.05) is 42.0 Å². The number of carbonyl (C=O) groups is 3. The molecule has 4 atom stereocenters. The lowest BCUT2D eigenvalue weighted by atomic mass is 9.56. The second-order valence-electron chi connectivity index (χ2n) is 11.5. The van der Waals surface area contributed by atoms with Crippen LogP contribution in [-0.4, -0.2) is 39.7 Å². The molecule has 0 amide bonds. The van der Waals surface area contributed by atoms with E-state index in [1.807, 2.05) is 38.2 Å². The number of carboxylic acid groups (broad SMARTS) is 2. The summed E-state index contributed by atoms with van der Waals surface area (Å²) in [6.45, 7) is 4.17. The molecule has 2 N–H and O–H groups in total. The third-order valence-corrected chi connectivity index (χ3v) is 8.56. The number of pyridine rings is 1. The molecular formula is C36H35NO7. The van der Waals surface area contributed by atoms with Crippen LogP contribution in [0, 0.1) is 23.2 Å². The van der Waals surface area contributed by atoms with Crippen molar-refractivity contribution in [1.29, 1.82) is 0 Å². The van der Waals surface area contributed by atoms with E-state index in [4.69, 9.17) is 9.47 Å². The highest BCUT2D eigenvalue weighted by atomic mass is 16.5. The van der Waals surface area contributed by atoms with Crippen LogP contribution < -0.4 is 4.74 Å². The minimum absolute atomic E-state index is 0.0794. The maximum atomic E-state index is 12.9. The lowest BCUT2D eigenvalue weighted by Crippen LogP contribution is -2.47. The zero-order valence-electron chi connectivity index (χ0n) is 24.7. The van der Waals surface area contributed by atoms with Gasteiger partial charge in [-0.15, -0.1) is 0 Å². The minimum atomic E-state index is -1.09. The van der Waals surface area contributed by atoms with Gasteiger partial charge in [0.2, 0.25) is 0 Å². The molecule has 0 radical (unpaired) electrons. The van der Waals surface area contributed by atoms with E-state index < -0.39 is 23.3 Å². The first-order chi connectivity index (χ1) is 21.2. The Kier molecular flexibility index (Phi) is 9.09. The number of aliphatic carboxylic acids is 1. The van der Waals surface area contributed by atoms with E-state index in [2.05, 4.69) is 4.98 Å². The van der Waals surface area contributed by atoms with Crippen molar-refractivity contribution in [2.45, 2.75) is 33.1 Å². The fourth-order valence-corrected chi connectivity index (χ4v) is 6.23. The van der Waals surface area contributed by atoms with Gasteiger partial charge in [0.05, 0.1) is 29.3 Å². The van der Waals surface area contributed by atoms with E-state index in [0.717, 1.165) is 16.7 Å². The summed E-state index contributed by atoms with van der Waals surface area (Å²) in [4.78, 5) is 40.8. The molecule has 0 bridgehead atoms. The number of benzene rings is 2. The predicted molar refractivity (Wildman–Crippen MR) is 165 cm³/mol. The molecule has 0 unspecified atom stereocenters. The molecule has 44 heavy (non-hydrogen) atoms. The van der Waals surface area contributed by atoms with Crippen molar-refractivity contribution in [1.82, 2.24) is 4.98 Å². The van der Waals surface area contributed by atoms with E-state index in [9.17, 15) is 24.6 Å². The van der Waals surface area contributed by atoms with E-state index in [-0.39, 0.29) is 29.9 Å². The van der Waals surface area contributed by atoms with Crippen molar-refractivity contribution < 1.29 is 34.1 Å². The number of carboxylic acids is 2. The number of rotatable bonds is 10. The highest BCUT2D eigenvalue weighted by Gasteiger charge is 2.52. The van der Waals surface area contributed by atoms with Crippen LogP contribution in [0.15, 0.2) is 103 Å². The van der Waals surface area contributed by atoms with Crippen molar-refractivity contribution in [2.75, 3.05) is 6.61 Å². The first-order valence-corrected chi connectivity index (χ1v) is 14.6. The fraction of sp³-hybridized carbons (Fsp3) is 0.278. The summed E-state index contributed by atoms with van der Waals surface area (Å²) in [5.74, 6) is -1.50. The number of esters is 1. The molecule has 8 nitrogen and oxygen atoms in total. The van der Waals surface area contributed by atoms with Gasteiger partial charge in [0.15, 0.2) is 0 Å². The van der Waals surface area contributed by atoms with Gasteiger partial charge >= 0.3 is 17.9 Å². The maximum Gasteiger partial charge on any atom is 0.338 e. The number of nitrogens with zero attached hydrogens (tertiary/aromatic N) is 1. The molecule has 0 fully saturated rings. The molecule has 2 aliphatic carbocycles. The minimum Gasteiger partial charge on any atom is -0.481 e. The summed E-state index contributed by atoms with van der Waals surface area (Å²) in [5, 5.41) is 19.8. The normalized spacial score (nSPS) is 22.8. The Morgan fingerprint density at radius 1 is 0.977 bits per heavy atom. The molecule has 0 saturated heterocycles. The molecule has 1 aromatic heterocycles. The molecular weight excluding hydrogens is 558 g/mol.